The van der Waals surface area contributed by atoms with Gasteiger partial charge in [0.1, 0.15) is 0 Å². The Morgan fingerprint density at radius 3 is 2.11 bits per heavy atom. The molecule has 1 aliphatic rings. The third-order valence-corrected chi connectivity index (χ3v) is 6.30. The molecule has 2 unspecified atom stereocenters. The van der Waals surface area contributed by atoms with Crippen molar-refractivity contribution in [2.45, 2.75) is 37.9 Å². The van der Waals surface area contributed by atoms with Gasteiger partial charge < -0.3 is 10.1 Å². The largest absolute Gasteiger partial charge is 0.373 e. The Kier molecular flexibility index (Phi) is 5.64. The number of amides is 1. The van der Waals surface area contributed by atoms with Crippen LogP contribution < -0.4 is 5.32 Å². The Balaban J connectivity index is 1.72. The van der Waals surface area contributed by atoms with E-state index in [1.54, 1.807) is 24.3 Å². The van der Waals surface area contributed by atoms with E-state index in [2.05, 4.69) is 5.32 Å². The Morgan fingerprint density at radius 1 is 1.00 bits per heavy atom. The lowest BCUT2D eigenvalue weighted by molar-refractivity contribution is -0.0440. The number of morpholine rings is 1. The minimum Gasteiger partial charge on any atom is -0.373 e. The first-order valence-electron chi connectivity index (χ1n) is 8.89. The van der Waals surface area contributed by atoms with E-state index in [0.717, 1.165) is 5.56 Å². The molecule has 27 heavy (non-hydrogen) atoms. The molecule has 0 aliphatic carbocycles. The van der Waals surface area contributed by atoms with E-state index in [0.29, 0.717) is 24.3 Å². The molecule has 3 rings (SSSR count). The minimum atomic E-state index is -3.59. The third kappa shape index (κ3) is 4.55. The number of anilines is 1. The predicted octanol–water partition coefficient (Wildman–Crippen LogP) is 3.05. The fourth-order valence-electron chi connectivity index (χ4n) is 3.09. The molecule has 7 heteroatoms. The zero-order valence-electron chi connectivity index (χ0n) is 15.7. The summed E-state index contributed by atoms with van der Waals surface area (Å²) in [6.07, 6.45) is -0.284. The van der Waals surface area contributed by atoms with Gasteiger partial charge in [0.05, 0.1) is 17.1 Å². The maximum Gasteiger partial charge on any atom is 0.255 e. The van der Waals surface area contributed by atoms with Crippen LogP contribution >= 0.6 is 0 Å². The van der Waals surface area contributed by atoms with Crippen LogP contribution in [0.15, 0.2) is 53.4 Å². The monoisotopic (exact) mass is 388 g/mol. The highest BCUT2D eigenvalue weighted by atomic mass is 32.2. The second-order valence-corrected chi connectivity index (χ2v) is 8.86. The van der Waals surface area contributed by atoms with Crippen LogP contribution in [-0.4, -0.2) is 43.9 Å². The van der Waals surface area contributed by atoms with Gasteiger partial charge in [-0.05, 0) is 57.2 Å². The van der Waals surface area contributed by atoms with Crippen LogP contribution in [0.3, 0.4) is 0 Å². The smallest absolute Gasteiger partial charge is 0.255 e. The van der Waals surface area contributed by atoms with Crippen molar-refractivity contribution in [3.8, 4) is 0 Å². The number of aryl methyl sites for hydroxylation is 1. The summed E-state index contributed by atoms with van der Waals surface area (Å²) in [5.74, 6) is -0.235. The minimum absolute atomic E-state index is 0.142. The molecule has 2 aromatic carbocycles. The molecule has 1 N–H and O–H groups in total. The summed E-state index contributed by atoms with van der Waals surface area (Å²) in [6.45, 7) is 6.34. The molecule has 6 nitrogen and oxygen atoms in total. The lowest BCUT2D eigenvalue weighted by Crippen LogP contribution is -2.48. The number of rotatable bonds is 4. The van der Waals surface area contributed by atoms with Gasteiger partial charge in [-0.25, -0.2) is 8.42 Å². The summed E-state index contributed by atoms with van der Waals surface area (Å²) in [5.41, 5.74) is 2.17. The Labute approximate surface area is 160 Å². The lowest BCUT2D eigenvalue weighted by Gasteiger charge is -2.34. The van der Waals surface area contributed by atoms with E-state index in [1.807, 2.05) is 32.9 Å². The number of benzene rings is 2. The number of carbonyl (C=O) groups excluding carboxylic acids is 1. The molecule has 1 amide bonds. The quantitative estimate of drug-likeness (QED) is 0.873. The van der Waals surface area contributed by atoms with Gasteiger partial charge in [-0.1, -0.05) is 17.7 Å². The topological polar surface area (TPSA) is 75.7 Å². The number of ether oxygens (including phenoxy) is 1. The van der Waals surface area contributed by atoms with Crippen LogP contribution in [0.1, 0.15) is 29.8 Å². The maximum atomic E-state index is 12.8. The summed E-state index contributed by atoms with van der Waals surface area (Å²) in [6, 6.07) is 13.5. The summed E-state index contributed by atoms with van der Waals surface area (Å²) in [7, 11) is -3.59. The number of carbonyl (C=O) groups is 1. The van der Waals surface area contributed by atoms with E-state index in [4.69, 9.17) is 4.74 Å². The molecule has 1 saturated heterocycles. The van der Waals surface area contributed by atoms with Crippen molar-refractivity contribution in [3.05, 3.63) is 59.7 Å². The van der Waals surface area contributed by atoms with Crippen LogP contribution in [0.4, 0.5) is 5.69 Å². The van der Waals surface area contributed by atoms with Gasteiger partial charge in [-0.2, -0.15) is 4.31 Å². The molecule has 144 valence electrons. The molecule has 0 bridgehead atoms. The number of sulfonamides is 1. The molecule has 1 fully saturated rings. The van der Waals surface area contributed by atoms with Crippen molar-refractivity contribution in [3.63, 3.8) is 0 Å². The fourth-order valence-corrected chi connectivity index (χ4v) is 4.68. The average molecular weight is 388 g/mol. The van der Waals surface area contributed by atoms with E-state index < -0.39 is 10.0 Å². The summed E-state index contributed by atoms with van der Waals surface area (Å²) in [4.78, 5) is 12.5. The maximum absolute atomic E-state index is 12.8. The second-order valence-electron chi connectivity index (χ2n) is 6.92. The molecule has 1 heterocycles. The zero-order valence-corrected chi connectivity index (χ0v) is 16.5. The molecule has 2 atom stereocenters. The molecule has 0 spiro atoms. The van der Waals surface area contributed by atoms with Crippen molar-refractivity contribution in [2.75, 3.05) is 18.4 Å². The molecule has 0 aromatic heterocycles. The van der Waals surface area contributed by atoms with Gasteiger partial charge >= 0.3 is 0 Å². The van der Waals surface area contributed by atoms with Crippen LogP contribution in [0.2, 0.25) is 0 Å². The van der Waals surface area contributed by atoms with Crippen molar-refractivity contribution in [2.24, 2.45) is 0 Å². The normalized spacial score (nSPS) is 21.0. The van der Waals surface area contributed by atoms with Crippen LogP contribution in [0.25, 0.3) is 0 Å². The number of nitrogens with one attached hydrogen (secondary N) is 1. The molecule has 0 saturated carbocycles. The van der Waals surface area contributed by atoms with Crippen molar-refractivity contribution in [1.29, 1.82) is 0 Å². The Bertz CT molecular complexity index is 898. The second kappa shape index (κ2) is 7.80. The SMILES string of the molecule is Cc1ccc(C(=O)Nc2ccc(S(=O)(=O)N3CC(C)OC(C)C3)cc2)cc1. The van der Waals surface area contributed by atoms with E-state index in [9.17, 15) is 13.2 Å². The van der Waals surface area contributed by atoms with Gasteiger partial charge in [-0.3, -0.25) is 4.79 Å². The molecule has 0 radical (unpaired) electrons. The van der Waals surface area contributed by atoms with Gasteiger partial charge in [0.2, 0.25) is 10.0 Å². The highest BCUT2D eigenvalue weighted by Crippen LogP contribution is 2.22. The van der Waals surface area contributed by atoms with Crippen molar-refractivity contribution >= 4 is 21.6 Å². The number of nitrogens with zero attached hydrogens (tertiary/aromatic N) is 1. The van der Waals surface area contributed by atoms with Gasteiger partial charge in [0.25, 0.3) is 5.91 Å². The summed E-state index contributed by atoms with van der Waals surface area (Å²) >= 11 is 0. The van der Waals surface area contributed by atoms with Crippen LogP contribution in [0, 0.1) is 6.92 Å². The van der Waals surface area contributed by atoms with Crippen molar-refractivity contribution in [1.82, 2.24) is 4.31 Å². The van der Waals surface area contributed by atoms with E-state index in [1.165, 1.54) is 16.4 Å². The molecule has 2 aromatic rings. The highest BCUT2D eigenvalue weighted by molar-refractivity contribution is 7.89. The molecule has 1 aliphatic heterocycles. The van der Waals surface area contributed by atoms with Crippen LogP contribution in [-0.2, 0) is 14.8 Å². The molecular weight excluding hydrogens is 364 g/mol. The summed E-state index contributed by atoms with van der Waals surface area (Å²) < 4.78 is 32.8. The standard InChI is InChI=1S/C20H24N2O4S/c1-14-4-6-17(7-5-14)20(23)21-18-8-10-19(11-9-18)27(24,25)22-12-15(2)26-16(3)13-22/h4-11,15-16H,12-13H2,1-3H3,(H,21,23). The fraction of sp³-hybridized carbons (Fsp3) is 0.350. The zero-order chi connectivity index (χ0) is 19.6. The van der Waals surface area contributed by atoms with Crippen LogP contribution in [0.5, 0.6) is 0 Å². The molecular formula is C20H24N2O4S. The van der Waals surface area contributed by atoms with Crippen molar-refractivity contribution < 1.29 is 17.9 Å². The third-order valence-electron chi connectivity index (χ3n) is 4.45. The van der Waals surface area contributed by atoms with Gasteiger partial charge in [-0.15, -0.1) is 0 Å². The first kappa shape index (κ1) is 19.5. The average Bonchev–Trinajstić information content (AvgIpc) is 2.62. The Hall–Kier alpha value is -2.22. The first-order chi connectivity index (χ1) is 12.8. The van der Waals surface area contributed by atoms with E-state index >= 15 is 0 Å². The Morgan fingerprint density at radius 2 is 1.56 bits per heavy atom. The summed E-state index contributed by atoms with van der Waals surface area (Å²) in [5, 5.41) is 2.78. The number of hydrogen-bond donors (Lipinski definition) is 1. The number of hydrogen-bond acceptors (Lipinski definition) is 4. The van der Waals surface area contributed by atoms with E-state index in [-0.39, 0.29) is 23.0 Å². The van der Waals surface area contributed by atoms with Gasteiger partial charge in [0.15, 0.2) is 0 Å². The van der Waals surface area contributed by atoms with Gasteiger partial charge in [0, 0.05) is 24.3 Å². The highest BCUT2D eigenvalue weighted by Gasteiger charge is 2.32. The first-order valence-corrected chi connectivity index (χ1v) is 10.3. The predicted molar refractivity (Wildman–Crippen MR) is 104 cm³/mol. The lowest BCUT2D eigenvalue weighted by atomic mass is 10.1.